The van der Waals surface area contributed by atoms with Gasteiger partial charge < -0.3 is 4.98 Å². The van der Waals surface area contributed by atoms with Gasteiger partial charge in [0.1, 0.15) is 5.82 Å². The molecule has 5 nitrogen and oxygen atoms in total. The third-order valence-corrected chi connectivity index (χ3v) is 5.61. The van der Waals surface area contributed by atoms with E-state index in [0.717, 1.165) is 53.9 Å². The van der Waals surface area contributed by atoms with Crippen LogP contribution in [-0.4, -0.2) is 34.0 Å². The fourth-order valence-corrected chi connectivity index (χ4v) is 3.74. The highest BCUT2D eigenvalue weighted by molar-refractivity contribution is 6.42. The molecule has 2 aromatic carbocycles. The first-order valence-electron chi connectivity index (χ1n) is 9.03. The highest BCUT2D eigenvalue weighted by Gasteiger charge is 2.16. The van der Waals surface area contributed by atoms with Crippen LogP contribution in [0.25, 0.3) is 22.4 Å². The number of hydrogen-bond donors (Lipinski definition) is 2. The van der Waals surface area contributed by atoms with Crippen LogP contribution >= 0.6 is 23.2 Å². The van der Waals surface area contributed by atoms with E-state index >= 15 is 0 Å². The van der Waals surface area contributed by atoms with Crippen molar-refractivity contribution in [2.24, 2.45) is 0 Å². The Hall–Kier alpha value is -2.08. The van der Waals surface area contributed by atoms with Crippen molar-refractivity contribution in [3.05, 3.63) is 51.5 Å². The first kappa shape index (κ1) is 18.3. The van der Waals surface area contributed by atoms with Gasteiger partial charge in [-0.1, -0.05) is 35.7 Å². The fraction of sp³-hybridized carbons (Fsp3) is 0.300. The predicted molar refractivity (Wildman–Crippen MR) is 109 cm³/mol. The number of aromatic amines is 1. The van der Waals surface area contributed by atoms with Gasteiger partial charge in [-0.3, -0.25) is 10.2 Å². The normalized spacial score (nSPS) is 15.2. The van der Waals surface area contributed by atoms with Gasteiger partial charge in [0.2, 0.25) is 0 Å². The van der Waals surface area contributed by atoms with Crippen LogP contribution in [0.5, 0.6) is 0 Å². The summed E-state index contributed by atoms with van der Waals surface area (Å²) in [7, 11) is 0. The maximum atomic E-state index is 12.5. The lowest BCUT2D eigenvalue weighted by Crippen LogP contribution is -2.45. The van der Waals surface area contributed by atoms with E-state index in [1.54, 1.807) is 12.1 Å². The third kappa shape index (κ3) is 3.81. The van der Waals surface area contributed by atoms with Crippen LogP contribution in [-0.2, 0) is 0 Å². The van der Waals surface area contributed by atoms with Gasteiger partial charge in [-0.15, -0.1) is 0 Å². The Morgan fingerprint density at radius 1 is 1.11 bits per heavy atom. The standard InChI is InChI=1S/C20H20Cl2N4O/c1-12-9-13(20(27)25-26-7-3-2-4-8-26)5-6-14(12)19-23-17-10-15(21)16(22)11-18(17)24-19/h5-6,9-11H,2-4,7-8H2,1H3,(H,23,24)(H,25,27). The molecule has 0 atom stereocenters. The Balaban J connectivity index is 1.59. The van der Waals surface area contributed by atoms with Crippen LogP contribution in [0.3, 0.4) is 0 Å². The second kappa shape index (κ2) is 7.50. The number of imidazole rings is 1. The largest absolute Gasteiger partial charge is 0.338 e. The Kier molecular flexibility index (Phi) is 5.08. The Labute approximate surface area is 167 Å². The number of hydrazine groups is 1. The average molecular weight is 403 g/mol. The molecular formula is C20H20Cl2N4O. The topological polar surface area (TPSA) is 61.0 Å². The maximum Gasteiger partial charge on any atom is 0.265 e. The molecule has 0 saturated carbocycles. The van der Waals surface area contributed by atoms with Crippen molar-refractivity contribution in [1.29, 1.82) is 0 Å². The third-order valence-electron chi connectivity index (χ3n) is 4.88. The molecule has 27 heavy (non-hydrogen) atoms. The zero-order valence-electron chi connectivity index (χ0n) is 15.0. The first-order chi connectivity index (χ1) is 13.0. The quantitative estimate of drug-likeness (QED) is 0.649. The highest BCUT2D eigenvalue weighted by atomic mass is 35.5. The Bertz CT molecular complexity index is 970. The number of aromatic nitrogens is 2. The summed E-state index contributed by atoms with van der Waals surface area (Å²) in [6, 6.07) is 9.15. The van der Waals surface area contributed by atoms with Crippen molar-refractivity contribution < 1.29 is 4.79 Å². The highest BCUT2D eigenvalue weighted by Crippen LogP contribution is 2.30. The van der Waals surface area contributed by atoms with Crippen molar-refractivity contribution >= 4 is 40.1 Å². The monoisotopic (exact) mass is 402 g/mol. The zero-order valence-corrected chi connectivity index (χ0v) is 16.5. The molecule has 140 valence electrons. The van der Waals surface area contributed by atoms with Crippen molar-refractivity contribution in [3.8, 4) is 11.4 Å². The van der Waals surface area contributed by atoms with E-state index in [1.807, 2.05) is 30.1 Å². The molecule has 1 aliphatic heterocycles. The predicted octanol–water partition coefficient (Wildman–Crippen LogP) is 4.98. The van der Waals surface area contributed by atoms with Crippen LogP contribution < -0.4 is 5.43 Å². The SMILES string of the molecule is Cc1cc(C(=O)NN2CCCCC2)ccc1-c1nc2cc(Cl)c(Cl)cc2[nH]1. The minimum Gasteiger partial charge on any atom is -0.338 e. The summed E-state index contributed by atoms with van der Waals surface area (Å²) in [4.78, 5) is 20.4. The molecule has 1 saturated heterocycles. The molecule has 0 radical (unpaired) electrons. The molecule has 0 spiro atoms. The fourth-order valence-electron chi connectivity index (χ4n) is 3.42. The summed E-state index contributed by atoms with van der Waals surface area (Å²) < 4.78 is 0. The van der Waals surface area contributed by atoms with E-state index in [9.17, 15) is 4.79 Å². The number of hydrogen-bond acceptors (Lipinski definition) is 3. The molecule has 0 unspecified atom stereocenters. The number of benzene rings is 2. The minimum absolute atomic E-state index is 0.0743. The summed E-state index contributed by atoms with van der Waals surface area (Å²) in [5.41, 5.74) is 7.13. The number of amides is 1. The molecule has 1 aromatic heterocycles. The van der Waals surface area contributed by atoms with E-state index < -0.39 is 0 Å². The lowest BCUT2D eigenvalue weighted by molar-refractivity contribution is 0.0750. The lowest BCUT2D eigenvalue weighted by atomic mass is 10.0. The van der Waals surface area contributed by atoms with Crippen molar-refractivity contribution in [2.45, 2.75) is 26.2 Å². The van der Waals surface area contributed by atoms with Crippen LogP contribution in [0.4, 0.5) is 0 Å². The van der Waals surface area contributed by atoms with Crippen molar-refractivity contribution in [1.82, 2.24) is 20.4 Å². The number of carbonyl (C=O) groups excluding carboxylic acids is 1. The number of piperidine rings is 1. The van der Waals surface area contributed by atoms with Crippen molar-refractivity contribution in [3.63, 3.8) is 0 Å². The molecule has 0 bridgehead atoms. The molecule has 1 aliphatic rings. The van der Waals surface area contributed by atoms with Crippen LogP contribution in [0, 0.1) is 6.92 Å². The van der Waals surface area contributed by atoms with Crippen LogP contribution in [0.2, 0.25) is 10.0 Å². The van der Waals surface area contributed by atoms with Gasteiger partial charge >= 0.3 is 0 Å². The number of fused-ring (bicyclic) bond motifs is 1. The molecule has 2 heterocycles. The molecule has 1 amide bonds. The molecule has 7 heteroatoms. The van der Waals surface area contributed by atoms with Gasteiger partial charge in [0.15, 0.2) is 0 Å². The second-order valence-corrected chi connectivity index (χ2v) is 7.70. The van der Waals surface area contributed by atoms with Crippen LogP contribution in [0.15, 0.2) is 30.3 Å². The number of halogens is 2. The molecule has 3 aromatic rings. The number of H-pyrrole nitrogens is 1. The maximum absolute atomic E-state index is 12.5. The van der Waals surface area contributed by atoms with E-state index in [-0.39, 0.29) is 5.91 Å². The van der Waals surface area contributed by atoms with E-state index in [0.29, 0.717) is 15.6 Å². The molecule has 1 fully saturated rings. The smallest absolute Gasteiger partial charge is 0.265 e. The Morgan fingerprint density at radius 3 is 2.59 bits per heavy atom. The molecular weight excluding hydrogens is 383 g/mol. The van der Waals surface area contributed by atoms with Gasteiger partial charge in [-0.25, -0.2) is 9.99 Å². The van der Waals surface area contributed by atoms with E-state index in [1.165, 1.54) is 6.42 Å². The molecule has 0 aliphatic carbocycles. The summed E-state index contributed by atoms with van der Waals surface area (Å²) in [5.74, 6) is 0.651. The van der Waals surface area contributed by atoms with E-state index in [2.05, 4.69) is 15.4 Å². The Morgan fingerprint density at radius 2 is 1.85 bits per heavy atom. The van der Waals surface area contributed by atoms with Gasteiger partial charge in [-0.05, 0) is 49.6 Å². The first-order valence-corrected chi connectivity index (χ1v) is 9.78. The number of aryl methyl sites for hydroxylation is 1. The summed E-state index contributed by atoms with van der Waals surface area (Å²) >= 11 is 12.2. The van der Waals surface area contributed by atoms with Crippen molar-refractivity contribution in [2.75, 3.05) is 13.1 Å². The minimum atomic E-state index is -0.0743. The summed E-state index contributed by atoms with van der Waals surface area (Å²) in [5, 5.41) is 2.96. The average Bonchev–Trinajstić information content (AvgIpc) is 3.05. The van der Waals surface area contributed by atoms with Gasteiger partial charge in [-0.2, -0.15) is 0 Å². The van der Waals surface area contributed by atoms with Gasteiger partial charge in [0.05, 0.1) is 21.1 Å². The van der Waals surface area contributed by atoms with Gasteiger partial charge in [0.25, 0.3) is 5.91 Å². The number of rotatable bonds is 3. The van der Waals surface area contributed by atoms with Crippen LogP contribution in [0.1, 0.15) is 35.2 Å². The lowest BCUT2D eigenvalue weighted by Gasteiger charge is -2.26. The zero-order chi connectivity index (χ0) is 19.0. The summed E-state index contributed by atoms with van der Waals surface area (Å²) in [6.07, 6.45) is 3.48. The number of nitrogens with one attached hydrogen (secondary N) is 2. The molecule has 4 rings (SSSR count). The number of carbonyl (C=O) groups is 1. The van der Waals surface area contributed by atoms with Gasteiger partial charge in [0, 0.05) is 24.2 Å². The number of nitrogens with zero attached hydrogens (tertiary/aromatic N) is 2. The summed E-state index contributed by atoms with van der Waals surface area (Å²) in [6.45, 7) is 3.79. The molecule has 2 N–H and O–H groups in total. The second-order valence-electron chi connectivity index (χ2n) is 6.89. The van der Waals surface area contributed by atoms with E-state index in [4.69, 9.17) is 23.2 Å².